The van der Waals surface area contributed by atoms with Crippen LogP contribution in [0.5, 0.6) is 0 Å². The van der Waals surface area contributed by atoms with E-state index in [9.17, 15) is 5.11 Å². The van der Waals surface area contributed by atoms with Crippen LogP contribution in [0.25, 0.3) is 0 Å². The molecule has 0 amide bonds. The Morgan fingerprint density at radius 2 is 1.13 bits per heavy atom. The first-order valence-corrected chi connectivity index (χ1v) is 13.1. The van der Waals surface area contributed by atoms with Crippen molar-refractivity contribution in [1.29, 1.82) is 0 Å². The molecule has 0 rings (SSSR count). The molecule has 0 aliphatic carbocycles. The number of rotatable bonds is 21. The van der Waals surface area contributed by atoms with E-state index in [4.69, 9.17) is 11.6 Å². The molecular weight excluding hydrogens is 413 g/mol. The first-order chi connectivity index (χ1) is 14.0. The van der Waals surface area contributed by atoms with Gasteiger partial charge in [0.25, 0.3) is 0 Å². The molecule has 0 saturated carbocycles. The van der Waals surface area contributed by atoms with Gasteiger partial charge in [-0.15, -0.1) is 12.4 Å². The highest BCUT2D eigenvalue weighted by Gasteiger charge is 2.30. The summed E-state index contributed by atoms with van der Waals surface area (Å²) in [7, 11) is 4.18. The topological polar surface area (TPSA) is 23.5 Å². The molecule has 0 spiro atoms. The SMILES string of the molecule is CCCCCCCCCCCCCCCCCCC(C=CCl)(CC(C)O)N(C)C.Cl. The Morgan fingerprint density at radius 1 is 0.767 bits per heavy atom. The van der Waals surface area contributed by atoms with E-state index in [0.29, 0.717) is 0 Å². The van der Waals surface area contributed by atoms with Crippen LogP contribution < -0.4 is 0 Å². The number of nitrogens with zero attached hydrogens (tertiary/aromatic N) is 1. The Bertz CT molecular complexity index is 374. The van der Waals surface area contributed by atoms with Gasteiger partial charge in [0.15, 0.2) is 0 Å². The molecule has 0 aliphatic rings. The van der Waals surface area contributed by atoms with Crippen molar-refractivity contribution >= 4 is 24.0 Å². The van der Waals surface area contributed by atoms with Crippen molar-refractivity contribution in [2.75, 3.05) is 14.1 Å². The highest BCUT2D eigenvalue weighted by atomic mass is 35.5. The Hall–Kier alpha value is 0.240. The number of halogens is 2. The normalized spacial score (nSPS) is 14.8. The molecule has 2 nitrogen and oxygen atoms in total. The highest BCUT2D eigenvalue weighted by Crippen LogP contribution is 2.29. The number of unbranched alkanes of at least 4 members (excludes halogenated alkanes) is 15. The molecular formula is C26H53Cl2NO. The van der Waals surface area contributed by atoms with Gasteiger partial charge in [0.2, 0.25) is 0 Å². The molecule has 0 aromatic heterocycles. The molecule has 182 valence electrons. The van der Waals surface area contributed by atoms with E-state index in [0.717, 1.165) is 12.8 Å². The zero-order chi connectivity index (χ0) is 21.8. The summed E-state index contributed by atoms with van der Waals surface area (Å²) in [6.45, 7) is 4.16. The van der Waals surface area contributed by atoms with Crippen molar-refractivity contribution in [2.45, 2.75) is 141 Å². The van der Waals surface area contributed by atoms with E-state index in [2.05, 4.69) is 32.0 Å². The standard InChI is InChI=1S/C26H52ClNO.ClH/c1-5-6-7-8-9-10-11-12-13-14-15-16-17-18-19-20-21-26(22-23-27,28(3)4)24-25(2)29;/h22-23,25,29H,5-21,24H2,1-4H3;1H. The summed E-state index contributed by atoms with van der Waals surface area (Å²) in [6, 6.07) is 0. The molecule has 0 aromatic carbocycles. The number of likely N-dealkylation sites (N-methyl/N-ethyl adjacent to an activating group) is 1. The van der Waals surface area contributed by atoms with Gasteiger partial charge in [-0.2, -0.15) is 0 Å². The van der Waals surface area contributed by atoms with E-state index in [-0.39, 0.29) is 24.0 Å². The van der Waals surface area contributed by atoms with Gasteiger partial charge in [0, 0.05) is 11.1 Å². The molecule has 2 unspecified atom stereocenters. The summed E-state index contributed by atoms with van der Waals surface area (Å²) in [4.78, 5) is 2.21. The van der Waals surface area contributed by atoms with Crippen LogP contribution in [0.15, 0.2) is 11.6 Å². The Morgan fingerprint density at radius 3 is 1.43 bits per heavy atom. The number of aliphatic hydroxyl groups is 1. The zero-order valence-corrected chi connectivity index (χ0v) is 22.2. The first kappa shape index (κ1) is 32.4. The second kappa shape index (κ2) is 22.4. The van der Waals surface area contributed by atoms with Gasteiger partial charge in [-0.3, -0.25) is 0 Å². The maximum absolute atomic E-state index is 9.89. The van der Waals surface area contributed by atoms with E-state index < -0.39 is 0 Å². The molecule has 0 fully saturated rings. The summed E-state index contributed by atoms with van der Waals surface area (Å²) >= 11 is 5.90. The Balaban J connectivity index is 0. The fourth-order valence-corrected chi connectivity index (χ4v) is 4.65. The first-order valence-electron chi connectivity index (χ1n) is 12.6. The third kappa shape index (κ3) is 17.9. The van der Waals surface area contributed by atoms with Crippen molar-refractivity contribution in [3.8, 4) is 0 Å². The summed E-state index contributed by atoms with van der Waals surface area (Å²) in [6.07, 6.45) is 25.9. The van der Waals surface area contributed by atoms with Gasteiger partial charge in [0.05, 0.1) is 6.10 Å². The number of hydrogen-bond acceptors (Lipinski definition) is 2. The largest absolute Gasteiger partial charge is 0.393 e. The predicted octanol–water partition coefficient (Wildman–Crippen LogP) is 8.88. The van der Waals surface area contributed by atoms with Crippen molar-refractivity contribution in [3.63, 3.8) is 0 Å². The van der Waals surface area contributed by atoms with Crippen LogP contribution in [0.2, 0.25) is 0 Å². The molecule has 2 atom stereocenters. The van der Waals surface area contributed by atoms with Gasteiger partial charge in [0.1, 0.15) is 0 Å². The minimum Gasteiger partial charge on any atom is -0.393 e. The second-order valence-electron chi connectivity index (χ2n) is 9.40. The van der Waals surface area contributed by atoms with Crippen molar-refractivity contribution < 1.29 is 5.11 Å². The fourth-order valence-electron chi connectivity index (χ4n) is 4.42. The van der Waals surface area contributed by atoms with Crippen LogP contribution in [-0.2, 0) is 0 Å². The smallest absolute Gasteiger partial charge is 0.0532 e. The van der Waals surface area contributed by atoms with Gasteiger partial charge < -0.3 is 10.0 Å². The van der Waals surface area contributed by atoms with Gasteiger partial charge in [-0.05, 0) is 33.9 Å². The highest BCUT2D eigenvalue weighted by molar-refractivity contribution is 6.25. The lowest BCUT2D eigenvalue weighted by molar-refractivity contribution is 0.0921. The molecule has 0 saturated heterocycles. The molecule has 30 heavy (non-hydrogen) atoms. The average molecular weight is 467 g/mol. The van der Waals surface area contributed by atoms with E-state index in [1.807, 2.05) is 6.92 Å². The zero-order valence-electron chi connectivity index (χ0n) is 20.6. The molecule has 4 heteroatoms. The van der Waals surface area contributed by atoms with Crippen molar-refractivity contribution in [2.24, 2.45) is 0 Å². The van der Waals surface area contributed by atoms with E-state index in [1.165, 1.54) is 103 Å². The molecule has 0 aromatic rings. The van der Waals surface area contributed by atoms with Crippen molar-refractivity contribution in [3.05, 3.63) is 11.6 Å². The maximum Gasteiger partial charge on any atom is 0.0532 e. The van der Waals surface area contributed by atoms with Crippen LogP contribution in [0.4, 0.5) is 0 Å². The van der Waals surface area contributed by atoms with E-state index >= 15 is 0 Å². The monoisotopic (exact) mass is 465 g/mol. The van der Waals surface area contributed by atoms with Crippen LogP contribution >= 0.6 is 24.0 Å². The van der Waals surface area contributed by atoms with Gasteiger partial charge >= 0.3 is 0 Å². The summed E-state index contributed by atoms with van der Waals surface area (Å²) in [5, 5.41) is 9.89. The second-order valence-corrected chi connectivity index (χ2v) is 9.65. The van der Waals surface area contributed by atoms with Crippen LogP contribution in [-0.4, -0.2) is 35.7 Å². The molecule has 1 N–H and O–H groups in total. The lowest BCUT2D eigenvalue weighted by Crippen LogP contribution is -2.44. The molecule has 0 bridgehead atoms. The molecule has 0 heterocycles. The summed E-state index contributed by atoms with van der Waals surface area (Å²) in [5.41, 5.74) is 1.50. The van der Waals surface area contributed by atoms with Gasteiger partial charge in [-0.1, -0.05) is 127 Å². The minimum absolute atomic E-state index is 0. The van der Waals surface area contributed by atoms with Crippen LogP contribution in [0.3, 0.4) is 0 Å². The Labute approximate surface area is 200 Å². The third-order valence-electron chi connectivity index (χ3n) is 6.38. The van der Waals surface area contributed by atoms with Crippen LogP contribution in [0, 0.1) is 0 Å². The quantitative estimate of drug-likeness (QED) is 0.171. The summed E-state index contributed by atoms with van der Waals surface area (Å²) in [5.74, 6) is 0. The lowest BCUT2D eigenvalue weighted by Gasteiger charge is -2.38. The number of hydrogen-bond donors (Lipinski definition) is 1. The van der Waals surface area contributed by atoms with Crippen molar-refractivity contribution in [1.82, 2.24) is 4.90 Å². The average Bonchev–Trinajstić information content (AvgIpc) is 2.67. The molecule has 0 radical (unpaired) electrons. The maximum atomic E-state index is 9.89. The minimum atomic E-state index is -0.314. The van der Waals surface area contributed by atoms with Crippen LogP contribution in [0.1, 0.15) is 129 Å². The summed E-state index contributed by atoms with van der Waals surface area (Å²) < 4.78 is 0. The fraction of sp³-hybridized carbons (Fsp3) is 0.923. The third-order valence-corrected chi connectivity index (χ3v) is 6.50. The number of aliphatic hydroxyl groups excluding tert-OH is 1. The molecule has 0 aliphatic heterocycles. The van der Waals surface area contributed by atoms with E-state index in [1.54, 1.807) is 5.54 Å². The van der Waals surface area contributed by atoms with Gasteiger partial charge in [-0.25, -0.2) is 0 Å². The predicted molar refractivity (Wildman–Crippen MR) is 139 cm³/mol. The lowest BCUT2D eigenvalue weighted by atomic mass is 9.85. The Kier molecular flexibility index (Phi) is 24.2.